The highest BCUT2D eigenvalue weighted by Gasteiger charge is 2.08. The number of halogens is 1. The topological polar surface area (TPSA) is 61.3 Å². The second kappa shape index (κ2) is 6.15. The van der Waals surface area contributed by atoms with Crippen LogP contribution in [0, 0.1) is 0 Å². The SMILES string of the molecule is CCOC(=O)c1cccc(Oc2ccc(Cl)nn2)c1. The lowest BCUT2D eigenvalue weighted by molar-refractivity contribution is 0.0526. The van der Waals surface area contributed by atoms with E-state index in [1.165, 1.54) is 0 Å². The van der Waals surface area contributed by atoms with Gasteiger partial charge in [-0.3, -0.25) is 0 Å². The molecule has 2 rings (SSSR count). The van der Waals surface area contributed by atoms with Gasteiger partial charge in [-0.25, -0.2) is 4.79 Å². The zero-order valence-corrected chi connectivity index (χ0v) is 10.9. The number of rotatable bonds is 4. The maximum Gasteiger partial charge on any atom is 0.338 e. The van der Waals surface area contributed by atoms with Gasteiger partial charge in [0.05, 0.1) is 12.2 Å². The van der Waals surface area contributed by atoms with Crippen LogP contribution in [0.2, 0.25) is 5.15 Å². The summed E-state index contributed by atoms with van der Waals surface area (Å²) >= 11 is 5.63. The van der Waals surface area contributed by atoms with Gasteiger partial charge in [-0.05, 0) is 31.2 Å². The molecule has 6 heteroatoms. The van der Waals surface area contributed by atoms with Crippen LogP contribution >= 0.6 is 11.6 Å². The summed E-state index contributed by atoms with van der Waals surface area (Å²) in [4.78, 5) is 11.6. The van der Waals surface area contributed by atoms with Gasteiger partial charge in [-0.2, -0.15) is 0 Å². The molecular weight excluding hydrogens is 268 g/mol. The van der Waals surface area contributed by atoms with Gasteiger partial charge >= 0.3 is 5.97 Å². The Kier molecular flexibility index (Phi) is 4.30. The first-order valence-corrected chi connectivity index (χ1v) is 6.01. The van der Waals surface area contributed by atoms with Gasteiger partial charge in [0.2, 0.25) is 5.88 Å². The van der Waals surface area contributed by atoms with E-state index in [9.17, 15) is 4.79 Å². The Morgan fingerprint density at radius 2 is 2.11 bits per heavy atom. The molecule has 0 fully saturated rings. The van der Waals surface area contributed by atoms with Gasteiger partial charge in [0.1, 0.15) is 5.75 Å². The summed E-state index contributed by atoms with van der Waals surface area (Å²) in [6.45, 7) is 2.08. The van der Waals surface area contributed by atoms with Crippen LogP contribution in [0.15, 0.2) is 36.4 Å². The van der Waals surface area contributed by atoms with Gasteiger partial charge < -0.3 is 9.47 Å². The fourth-order valence-electron chi connectivity index (χ4n) is 1.38. The third-order valence-electron chi connectivity index (χ3n) is 2.18. The summed E-state index contributed by atoms with van der Waals surface area (Å²) in [7, 11) is 0. The number of hydrogen-bond donors (Lipinski definition) is 0. The lowest BCUT2D eigenvalue weighted by Crippen LogP contribution is -2.04. The number of nitrogens with zero attached hydrogens (tertiary/aromatic N) is 2. The standard InChI is InChI=1S/C13H11ClN2O3/c1-2-18-13(17)9-4-3-5-10(8-9)19-12-7-6-11(14)15-16-12/h3-8H,2H2,1H3. The molecule has 0 spiro atoms. The van der Waals surface area contributed by atoms with Gasteiger partial charge in [0.15, 0.2) is 5.15 Å². The molecule has 0 aliphatic rings. The number of esters is 1. The van der Waals surface area contributed by atoms with Crippen LogP contribution in [-0.2, 0) is 4.74 Å². The first-order valence-electron chi connectivity index (χ1n) is 5.63. The fourth-order valence-corrected chi connectivity index (χ4v) is 1.48. The second-order valence-electron chi connectivity index (χ2n) is 3.54. The van der Waals surface area contributed by atoms with E-state index in [1.54, 1.807) is 43.3 Å². The van der Waals surface area contributed by atoms with E-state index in [2.05, 4.69) is 10.2 Å². The minimum atomic E-state index is -0.393. The Hall–Kier alpha value is -2.14. The van der Waals surface area contributed by atoms with E-state index in [4.69, 9.17) is 21.1 Å². The van der Waals surface area contributed by atoms with Crippen molar-refractivity contribution in [1.82, 2.24) is 10.2 Å². The first-order chi connectivity index (χ1) is 9.19. The number of carbonyl (C=O) groups excluding carboxylic acids is 1. The van der Waals surface area contributed by atoms with Crippen LogP contribution in [0.3, 0.4) is 0 Å². The smallest absolute Gasteiger partial charge is 0.338 e. The molecule has 5 nitrogen and oxygen atoms in total. The second-order valence-corrected chi connectivity index (χ2v) is 3.93. The maximum atomic E-state index is 11.6. The van der Waals surface area contributed by atoms with Gasteiger partial charge in [-0.1, -0.05) is 17.7 Å². The van der Waals surface area contributed by atoms with E-state index >= 15 is 0 Å². The van der Waals surface area contributed by atoms with Crippen molar-refractivity contribution in [3.05, 3.63) is 47.1 Å². The Morgan fingerprint density at radius 1 is 1.26 bits per heavy atom. The molecule has 0 N–H and O–H groups in total. The van der Waals surface area contributed by atoms with Crippen LogP contribution in [0.1, 0.15) is 17.3 Å². The molecule has 0 atom stereocenters. The highest BCUT2D eigenvalue weighted by atomic mass is 35.5. The minimum absolute atomic E-state index is 0.285. The number of hydrogen-bond acceptors (Lipinski definition) is 5. The van der Waals surface area contributed by atoms with Crippen molar-refractivity contribution in [2.45, 2.75) is 6.92 Å². The van der Waals surface area contributed by atoms with Crippen molar-refractivity contribution in [2.24, 2.45) is 0 Å². The molecule has 98 valence electrons. The Bertz CT molecular complexity index is 572. The quantitative estimate of drug-likeness (QED) is 0.804. The Morgan fingerprint density at radius 3 is 2.79 bits per heavy atom. The van der Waals surface area contributed by atoms with E-state index in [-0.39, 0.29) is 5.15 Å². The molecule has 0 aliphatic carbocycles. The molecule has 1 aromatic heterocycles. The molecule has 0 bridgehead atoms. The largest absolute Gasteiger partial charge is 0.462 e. The van der Waals surface area contributed by atoms with Crippen molar-refractivity contribution in [1.29, 1.82) is 0 Å². The highest BCUT2D eigenvalue weighted by Crippen LogP contribution is 2.20. The summed E-state index contributed by atoms with van der Waals surface area (Å²) in [6, 6.07) is 9.79. The first kappa shape index (κ1) is 13.3. The molecule has 1 heterocycles. The monoisotopic (exact) mass is 278 g/mol. The maximum absolute atomic E-state index is 11.6. The predicted octanol–water partition coefficient (Wildman–Crippen LogP) is 3.10. The number of benzene rings is 1. The van der Waals surface area contributed by atoms with E-state index < -0.39 is 5.97 Å². The molecule has 19 heavy (non-hydrogen) atoms. The minimum Gasteiger partial charge on any atom is -0.462 e. The van der Waals surface area contributed by atoms with Crippen LogP contribution in [0.4, 0.5) is 0 Å². The van der Waals surface area contributed by atoms with Gasteiger partial charge in [-0.15, -0.1) is 10.2 Å². The summed E-state index contributed by atoms with van der Waals surface area (Å²) in [5, 5.41) is 7.71. The van der Waals surface area contributed by atoms with Crippen molar-refractivity contribution in [3.8, 4) is 11.6 Å². The summed E-state index contributed by atoms with van der Waals surface area (Å²) in [5.41, 5.74) is 0.418. The van der Waals surface area contributed by atoms with E-state index in [0.717, 1.165) is 0 Å². The normalized spacial score (nSPS) is 10.0. The average molecular weight is 279 g/mol. The lowest BCUT2D eigenvalue weighted by Gasteiger charge is -2.06. The van der Waals surface area contributed by atoms with Crippen LogP contribution in [-0.4, -0.2) is 22.8 Å². The van der Waals surface area contributed by atoms with Gasteiger partial charge in [0, 0.05) is 6.07 Å². The zero-order valence-electron chi connectivity index (χ0n) is 10.2. The Balaban J connectivity index is 2.15. The van der Waals surface area contributed by atoms with Crippen LogP contribution in [0.5, 0.6) is 11.6 Å². The third-order valence-corrected chi connectivity index (χ3v) is 2.38. The van der Waals surface area contributed by atoms with E-state index in [0.29, 0.717) is 23.8 Å². The summed E-state index contributed by atoms with van der Waals surface area (Å²) in [5.74, 6) is 0.378. The summed E-state index contributed by atoms with van der Waals surface area (Å²) < 4.78 is 10.4. The molecule has 2 aromatic rings. The number of carbonyl (C=O) groups is 1. The molecule has 0 radical (unpaired) electrons. The molecule has 0 saturated heterocycles. The highest BCUT2D eigenvalue weighted by molar-refractivity contribution is 6.29. The summed E-state index contributed by atoms with van der Waals surface area (Å²) in [6.07, 6.45) is 0. The molecular formula is C13H11ClN2O3. The average Bonchev–Trinajstić information content (AvgIpc) is 2.42. The molecule has 0 aliphatic heterocycles. The molecule has 0 unspecified atom stereocenters. The van der Waals surface area contributed by atoms with Crippen molar-refractivity contribution in [3.63, 3.8) is 0 Å². The lowest BCUT2D eigenvalue weighted by atomic mass is 10.2. The van der Waals surface area contributed by atoms with Crippen molar-refractivity contribution < 1.29 is 14.3 Å². The molecule has 0 amide bonds. The molecule has 1 aromatic carbocycles. The van der Waals surface area contributed by atoms with E-state index in [1.807, 2.05) is 0 Å². The van der Waals surface area contributed by atoms with Crippen LogP contribution in [0.25, 0.3) is 0 Å². The Labute approximate surface area is 115 Å². The van der Waals surface area contributed by atoms with Crippen LogP contribution < -0.4 is 4.74 Å². The van der Waals surface area contributed by atoms with Crippen molar-refractivity contribution >= 4 is 17.6 Å². The molecule has 0 saturated carbocycles. The van der Waals surface area contributed by atoms with Crippen molar-refractivity contribution in [2.75, 3.05) is 6.61 Å². The van der Waals surface area contributed by atoms with Gasteiger partial charge in [0.25, 0.3) is 0 Å². The fraction of sp³-hybridized carbons (Fsp3) is 0.154. The number of ether oxygens (including phenoxy) is 2. The zero-order chi connectivity index (χ0) is 13.7. The predicted molar refractivity (Wildman–Crippen MR) is 69.5 cm³/mol. The third kappa shape index (κ3) is 3.66. The number of aromatic nitrogens is 2.